The number of hydrogen-bond donors (Lipinski definition) is 1. The first kappa shape index (κ1) is 20.4. The summed E-state index contributed by atoms with van der Waals surface area (Å²) < 4.78 is 0. The van der Waals surface area contributed by atoms with Crippen molar-refractivity contribution >= 4 is 11.8 Å². The molecule has 2 aliphatic heterocycles. The van der Waals surface area contributed by atoms with Crippen molar-refractivity contribution in [3.8, 4) is 0 Å². The normalized spacial score (nSPS) is 24.9. The van der Waals surface area contributed by atoms with E-state index >= 15 is 0 Å². The van der Waals surface area contributed by atoms with E-state index in [1.165, 1.54) is 0 Å². The summed E-state index contributed by atoms with van der Waals surface area (Å²) in [5, 5.41) is 3.11. The summed E-state index contributed by atoms with van der Waals surface area (Å²) in [6.07, 6.45) is 4.94. The molecule has 2 fully saturated rings. The lowest BCUT2D eigenvalue weighted by atomic mass is 9.71. The SMILES string of the molecule is CC[C@@]1(C(=O)NCc2ncccc2C)C[C@@H]2CC[C@H]1N2C(=O)c1cc(C)nc(C)n1. The van der Waals surface area contributed by atoms with Crippen molar-refractivity contribution in [2.75, 3.05) is 0 Å². The summed E-state index contributed by atoms with van der Waals surface area (Å²) in [6.45, 7) is 8.11. The molecular formula is C23H29N5O2. The third kappa shape index (κ3) is 3.36. The van der Waals surface area contributed by atoms with Crippen LogP contribution in [0.1, 0.15) is 65.9 Å². The van der Waals surface area contributed by atoms with Gasteiger partial charge in [-0.15, -0.1) is 0 Å². The van der Waals surface area contributed by atoms with E-state index in [1.54, 1.807) is 19.2 Å². The molecule has 30 heavy (non-hydrogen) atoms. The minimum atomic E-state index is -0.557. The van der Waals surface area contributed by atoms with Gasteiger partial charge in [0.05, 0.1) is 17.7 Å². The number of aryl methyl sites for hydroxylation is 3. The van der Waals surface area contributed by atoms with Crippen molar-refractivity contribution < 1.29 is 9.59 Å². The number of aromatic nitrogens is 3. The molecule has 158 valence electrons. The number of fused-ring (bicyclic) bond motifs is 2. The van der Waals surface area contributed by atoms with Crippen molar-refractivity contribution in [1.82, 2.24) is 25.2 Å². The van der Waals surface area contributed by atoms with Crippen molar-refractivity contribution in [1.29, 1.82) is 0 Å². The summed E-state index contributed by atoms with van der Waals surface area (Å²) in [5.74, 6) is 0.532. The number of amides is 2. The van der Waals surface area contributed by atoms with Crippen LogP contribution in [-0.4, -0.2) is 43.7 Å². The van der Waals surface area contributed by atoms with Crippen LogP contribution in [0.4, 0.5) is 0 Å². The van der Waals surface area contributed by atoms with Gasteiger partial charge in [0, 0.05) is 24.0 Å². The quantitative estimate of drug-likeness (QED) is 0.823. The zero-order valence-electron chi connectivity index (χ0n) is 18.1. The zero-order chi connectivity index (χ0) is 21.5. The number of carbonyl (C=O) groups is 2. The van der Waals surface area contributed by atoms with Gasteiger partial charge in [-0.2, -0.15) is 0 Å². The molecule has 4 heterocycles. The second-order valence-electron chi connectivity index (χ2n) is 8.56. The fourth-order valence-electron chi connectivity index (χ4n) is 5.28. The first-order valence-corrected chi connectivity index (χ1v) is 10.7. The summed E-state index contributed by atoms with van der Waals surface area (Å²) in [7, 11) is 0. The minimum Gasteiger partial charge on any atom is -0.350 e. The topological polar surface area (TPSA) is 88.1 Å². The third-order valence-corrected chi connectivity index (χ3v) is 6.78. The van der Waals surface area contributed by atoms with Gasteiger partial charge >= 0.3 is 0 Å². The molecule has 0 aliphatic carbocycles. The predicted molar refractivity (Wildman–Crippen MR) is 113 cm³/mol. The Morgan fingerprint density at radius 2 is 2.03 bits per heavy atom. The molecule has 0 unspecified atom stereocenters. The second-order valence-corrected chi connectivity index (χ2v) is 8.56. The van der Waals surface area contributed by atoms with Crippen molar-refractivity contribution in [2.24, 2.45) is 5.41 Å². The molecular weight excluding hydrogens is 378 g/mol. The summed E-state index contributed by atoms with van der Waals surface area (Å²) >= 11 is 0. The highest BCUT2D eigenvalue weighted by molar-refractivity contribution is 5.95. The van der Waals surface area contributed by atoms with Crippen LogP contribution >= 0.6 is 0 Å². The van der Waals surface area contributed by atoms with E-state index in [-0.39, 0.29) is 23.9 Å². The Morgan fingerprint density at radius 1 is 1.23 bits per heavy atom. The highest BCUT2D eigenvalue weighted by Gasteiger charge is 2.60. The number of carbonyl (C=O) groups excluding carboxylic acids is 2. The average Bonchev–Trinajstić information content (AvgIpc) is 3.28. The van der Waals surface area contributed by atoms with Gasteiger partial charge in [-0.3, -0.25) is 14.6 Å². The molecule has 2 aliphatic rings. The van der Waals surface area contributed by atoms with Gasteiger partial charge < -0.3 is 10.2 Å². The standard InChI is InChI=1S/C23H29N5O2/c1-5-23(22(30)25-13-19-14(2)7-6-10-24-19)12-17-8-9-20(23)28(17)21(29)18-11-15(3)26-16(4)27-18/h6-7,10-11,17,20H,5,8-9,12-13H2,1-4H3,(H,25,30)/t17-,20+,23+/m0/s1. The van der Waals surface area contributed by atoms with Gasteiger partial charge in [0.1, 0.15) is 11.5 Å². The lowest BCUT2D eigenvalue weighted by Crippen LogP contribution is -2.49. The summed E-state index contributed by atoms with van der Waals surface area (Å²) in [6, 6.07) is 5.61. The number of pyridine rings is 1. The van der Waals surface area contributed by atoms with Gasteiger partial charge in [0.15, 0.2) is 0 Å². The van der Waals surface area contributed by atoms with Crippen LogP contribution in [0.25, 0.3) is 0 Å². The molecule has 7 heteroatoms. The lowest BCUT2D eigenvalue weighted by Gasteiger charge is -2.35. The minimum absolute atomic E-state index is 0.0232. The Kier molecular flexibility index (Phi) is 5.30. The van der Waals surface area contributed by atoms with E-state index in [4.69, 9.17) is 0 Å². The van der Waals surface area contributed by atoms with Gasteiger partial charge in [0.25, 0.3) is 5.91 Å². The highest BCUT2D eigenvalue weighted by atomic mass is 16.2. The largest absolute Gasteiger partial charge is 0.350 e. The van der Waals surface area contributed by atoms with E-state index in [1.807, 2.05) is 37.8 Å². The van der Waals surface area contributed by atoms with E-state index in [0.717, 1.165) is 29.8 Å². The maximum absolute atomic E-state index is 13.4. The Balaban J connectivity index is 1.56. The van der Waals surface area contributed by atoms with Gasteiger partial charge in [-0.05, 0) is 64.2 Å². The maximum Gasteiger partial charge on any atom is 0.273 e. The number of rotatable bonds is 5. The predicted octanol–water partition coefficient (Wildman–Crippen LogP) is 2.89. The molecule has 1 N–H and O–H groups in total. The molecule has 2 amide bonds. The monoisotopic (exact) mass is 407 g/mol. The maximum atomic E-state index is 13.4. The zero-order valence-corrected chi connectivity index (χ0v) is 18.1. The lowest BCUT2D eigenvalue weighted by molar-refractivity contribution is -0.133. The van der Waals surface area contributed by atoms with E-state index in [2.05, 4.69) is 20.3 Å². The van der Waals surface area contributed by atoms with E-state index in [0.29, 0.717) is 30.9 Å². The highest BCUT2D eigenvalue weighted by Crippen LogP contribution is 2.52. The molecule has 7 nitrogen and oxygen atoms in total. The van der Waals surface area contributed by atoms with E-state index in [9.17, 15) is 9.59 Å². The van der Waals surface area contributed by atoms with Gasteiger partial charge in [-0.1, -0.05) is 13.0 Å². The molecule has 0 radical (unpaired) electrons. The van der Waals surface area contributed by atoms with Gasteiger partial charge in [-0.25, -0.2) is 9.97 Å². The molecule has 3 atom stereocenters. The Bertz CT molecular complexity index is 971. The average molecular weight is 408 g/mol. The number of hydrogen-bond acceptors (Lipinski definition) is 5. The fraction of sp³-hybridized carbons (Fsp3) is 0.522. The van der Waals surface area contributed by atoms with Crippen LogP contribution in [0, 0.1) is 26.2 Å². The molecule has 0 spiro atoms. The second kappa shape index (κ2) is 7.78. The Morgan fingerprint density at radius 3 is 2.73 bits per heavy atom. The Labute approximate surface area is 177 Å². The van der Waals surface area contributed by atoms with Crippen LogP contribution < -0.4 is 5.32 Å². The molecule has 2 bridgehead atoms. The smallest absolute Gasteiger partial charge is 0.273 e. The Hall–Kier alpha value is -2.83. The summed E-state index contributed by atoms with van der Waals surface area (Å²) in [5.41, 5.74) is 2.58. The van der Waals surface area contributed by atoms with E-state index < -0.39 is 5.41 Å². The summed E-state index contributed by atoms with van der Waals surface area (Å²) in [4.78, 5) is 41.7. The van der Waals surface area contributed by atoms with Crippen molar-refractivity contribution in [3.63, 3.8) is 0 Å². The van der Waals surface area contributed by atoms with Crippen molar-refractivity contribution in [3.05, 3.63) is 52.9 Å². The fourth-order valence-corrected chi connectivity index (χ4v) is 5.28. The van der Waals surface area contributed by atoms with Crippen LogP contribution in [0.15, 0.2) is 24.4 Å². The molecule has 4 rings (SSSR count). The third-order valence-electron chi connectivity index (χ3n) is 6.78. The van der Waals surface area contributed by atoms with Crippen LogP contribution in [0.3, 0.4) is 0 Å². The van der Waals surface area contributed by atoms with Crippen LogP contribution in [-0.2, 0) is 11.3 Å². The van der Waals surface area contributed by atoms with Gasteiger partial charge in [0.2, 0.25) is 5.91 Å². The number of nitrogens with one attached hydrogen (secondary N) is 1. The molecule has 0 aromatic carbocycles. The molecule has 2 aromatic rings. The first-order valence-electron chi connectivity index (χ1n) is 10.7. The van der Waals surface area contributed by atoms with Crippen molar-refractivity contribution in [2.45, 2.75) is 72.0 Å². The number of nitrogens with zero attached hydrogens (tertiary/aromatic N) is 4. The molecule has 0 saturated carbocycles. The first-order chi connectivity index (χ1) is 14.4. The van der Waals surface area contributed by atoms with Crippen LogP contribution in [0.5, 0.6) is 0 Å². The van der Waals surface area contributed by atoms with Crippen LogP contribution in [0.2, 0.25) is 0 Å². The molecule has 2 saturated heterocycles. The molecule has 2 aromatic heterocycles.